The molecule has 0 unspecified atom stereocenters. The van der Waals surface area contributed by atoms with Crippen LogP contribution in [0.15, 0.2) is 15.9 Å². The minimum absolute atomic E-state index is 0.211. The number of hydrogen-bond acceptors (Lipinski definition) is 5. The van der Waals surface area contributed by atoms with Gasteiger partial charge in [0.1, 0.15) is 0 Å². The minimum Gasteiger partial charge on any atom is -0.466 e. The second kappa shape index (κ2) is 7.26. The van der Waals surface area contributed by atoms with Crippen molar-refractivity contribution in [1.29, 1.82) is 0 Å². The summed E-state index contributed by atoms with van der Waals surface area (Å²) in [6, 6.07) is 0. The number of carbonyl (C=O) groups is 1. The van der Waals surface area contributed by atoms with Crippen LogP contribution in [0.1, 0.15) is 32.6 Å². The number of unbranched alkanes of at least 4 members (excludes halogenated alkanes) is 2. The predicted molar refractivity (Wildman–Crippen MR) is 85.3 cm³/mol. The molecule has 2 aromatic rings. The van der Waals surface area contributed by atoms with Gasteiger partial charge in [0.25, 0.3) is 5.56 Å². The molecule has 2 rings (SSSR count). The number of aryl methyl sites for hydroxylation is 2. The number of fused-ring (bicyclic) bond motifs is 1. The largest absolute Gasteiger partial charge is 0.466 e. The van der Waals surface area contributed by atoms with Crippen LogP contribution in [-0.4, -0.2) is 31.3 Å². The van der Waals surface area contributed by atoms with E-state index in [4.69, 9.17) is 4.74 Å². The van der Waals surface area contributed by atoms with Crippen LogP contribution in [0, 0.1) is 0 Å². The maximum absolute atomic E-state index is 12.5. The third kappa shape index (κ3) is 3.52. The summed E-state index contributed by atoms with van der Waals surface area (Å²) in [5.74, 6) is -0.211. The SMILES string of the molecule is CCOC(=O)CCCCCn1c(=O)c2c(ncn2C)n(C)c1=O. The van der Waals surface area contributed by atoms with E-state index in [-0.39, 0.29) is 17.2 Å². The molecule has 0 saturated carbocycles. The van der Waals surface area contributed by atoms with E-state index in [9.17, 15) is 14.4 Å². The quantitative estimate of drug-likeness (QED) is 0.549. The van der Waals surface area contributed by atoms with E-state index >= 15 is 0 Å². The summed E-state index contributed by atoms with van der Waals surface area (Å²) in [6.07, 6.45) is 3.97. The first-order valence-corrected chi connectivity index (χ1v) is 7.73. The Balaban J connectivity index is 2.06. The van der Waals surface area contributed by atoms with E-state index in [2.05, 4.69) is 4.98 Å². The average Bonchev–Trinajstić information content (AvgIpc) is 2.90. The first-order valence-electron chi connectivity index (χ1n) is 7.73. The number of hydrogen-bond donors (Lipinski definition) is 0. The number of ether oxygens (including phenoxy) is 1. The Bertz CT molecular complexity index is 815. The van der Waals surface area contributed by atoms with Crippen LogP contribution in [-0.2, 0) is 30.2 Å². The summed E-state index contributed by atoms with van der Waals surface area (Å²) in [7, 11) is 3.33. The molecule has 0 N–H and O–H groups in total. The van der Waals surface area contributed by atoms with Crippen molar-refractivity contribution >= 4 is 17.1 Å². The Labute approximate surface area is 133 Å². The second-order valence-electron chi connectivity index (χ2n) is 5.44. The topological polar surface area (TPSA) is 88.1 Å². The molecule has 2 heterocycles. The third-order valence-corrected chi connectivity index (χ3v) is 3.77. The summed E-state index contributed by atoms with van der Waals surface area (Å²) in [4.78, 5) is 40.1. The lowest BCUT2D eigenvalue weighted by Crippen LogP contribution is -2.39. The lowest BCUT2D eigenvalue weighted by molar-refractivity contribution is -0.143. The zero-order valence-electron chi connectivity index (χ0n) is 13.7. The molecule has 8 heteroatoms. The van der Waals surface area contributed by atoms with Crippen molar-refractivity contribution in [3.05, 3.63) is 27.2 Å². The normalized spacial score (nSPS) is 11.1. The van der Waals surface area contributed by atoms with Gasteiger partial charge in [-0.15, -0.1) is 0 Å². The first-order chi connectivity index (χ1) is 11.0. The fraction of sp³-hybridized carbons (Fsp3) is 0.600. The maximum atomic E-state index is 12.5. The molecular formula is C15H22N4O4. The summed E-state index contributed by atoms with van der Waals surface area (Å²) in [5, 5.41) is 0. The van der Waals surface area contributed by atoms with Crippen molar-refractivity contribution < 1.29 is 9.53 Å². The standard InChI is InChI=1S/C15H22N4O4/c1-4-23-11(20)8-6-5-7-9-19-14(21)12-13(16-10-17(12)2)18(3)15(19)22/h10H,4-9H2,1-3H3. The van der Waals surface area contributed by atoms with Crippen molar-refractivity contribution in [2.75, 3.05) is 6.61 Å². The maximum Gasteiger partial charge on any atom is 0.332 e. The molecule has 0 aliphatic rings. The predicted octanol–water partition coefficient (Wildman–Crippen LogP) is 0.557. The molecule has 0 spiro atoms. The molecule has 0 aliphatic heterocycles. The van der Waals surface area contributed by atoms with Crippen molar-refractivity contribution in [2.24, 2.45) is 14.1 Å². The Kier molecular flexibility index (Phi) is 5.36. The Morgan fingerprint density at radius 3 is 2.65 bits per heavy atom. The highest BCUT2D eigenvalue weighted by molar-refractivity contribution is 5.70. The lowest BCUT2D eigenvalue weighted by Gasteiger charge is -2.08. The highest BCUT2D eigenvalue weighted by Crippen LogP contribution is 2.05. The Morgan fingerprint density at radius 1 is 1.22 bits per heavy atom. The molecule has 0 bridgehead atoms. The van der Waals surface area contributed by atoms with Crippen LogP contribution in [0.3, 0.4) is 0 Å². The Hall–Kier alpha value is -2.38. The molecule has 126 valence electrons. The van der Waals surface area contributed by atoms with Gasteiger partial charge >= 0.3 is 11.7 Å². The monoisotopic (exact) mass is 322 g/mol. The van der Waals surface area contributed by atoms with Gasteiger partial charge in [-0.05, 0) is 19.8 Å². The van der Waals surface area contributed by atoms with Gasteiger partial charge in [0.2, 0.25) is 0 Å². The number of carbonyl (C=O) groups excluding carboxylic acids is 1. The van der Waals surface area contributed by atoms with Gasteiger partial charge in [0, 0.05) is 27.1 Å². The summed E-state index contributed by atoms with van der Waals surface area (Å²) >= 11 is 0. The fourth-order valence-corrected chi connectivity index (χ4v) is 2.54. The molecule has 0 amide bonds. The zero-order valence-corrected chi connectivity index (χ0v) is 13.7. The van der Waals surface area contributed by atoms with Crippen LogP contribution >= 0.6 is 0 Å². The van der Waals surface area contributed by atoms with Crippen LogP contribution in [0.25, 0.3) is 11.2 Å². The van der Waals surface area contributed by atoms with Gasteiger partial charge in [0.05, 0.1) is 12.9 Å². The molecule has 2 aromatic heterocycles. The van der Waals surface area contributed by atoms with E-state index in [0.29, 0.717) is 43.6 Å². The molecule has 0 saturated heterocycles. The Morgan fingerprint density at radius 2 is 1.96 bits per heavy atom. The molecule has 0 radical (unpaired) electrons. The highest BCUT2D eigenvalue weighted by atomic mass is 16.5. The second-order valence-corrected chi connectivity index (χ2v) is 5.44. The smallest absolute Gasteiger partial charge is 0.332 e. The molecular weight excluding hydrogens is 300 g/mol. The van der Waals surface area contributed by atoms with Crippen LogP contribution in [0.2, 0.25) is 0 Å². The number of nitrogens with zero attached hydrogens (tertiary/aromatic N) is 4. The van der Waals surface area contributed by atoms with E-state index in [1.165, 1.54) is 15.5 Å². The van der Waals surface area contributed by atoms with Gasteiger partial charge in [-0.25, -0.2) is 9.78 Å². The van der Waals surface area contributed by atoms with E-state index in [1.807, 2.05) is 0 Å². The fourth-order valence-electron chi connectivity index (χ4n) is 2.54. The van der Waals surface area contributed by atoms with Crippen LogP contribution in [0.5, 0.6) is 0 Å². The van der Waals surface area contributed by atoms with Gasteiger partial charge in [-0.2, -0.15) is 0 Å². The first kappa shape index (κ1) is 17.0. The molecule has 8 nitrogen and oxygen atoms in total. The molecule has 0 atom stereocenters. The van der Waals surface area contributed by atoms with Crippen molar-refractivity contribution in [3.8, 4) is 0 Å². The third-order valence-electron chi connectivity index (χ3n) is 3.77. The number of aromatic nitrogens is 4. The number of rotatable bonds is 7. The molecule has 0 aliphatic carbocycles. The highest BCUT2D eigenvalue weighted by Gasteiger charge is 2.14. The van der Waals surface area contributed by atoms with Crippen molar-refractivity contribution in [3.63, 3.8) is 0 Å². The van der Waals surface area contributed by atoms with Crippen LogP contribution < -0.4 is 11.2 Å². The molecule has 0 fully saturated rings. The van der Waals surface area contributed by atoms with Crippen molar-refractivity contribution in [2.45, 2.75) is 39.2 Å². The summed E-state index contributed by atoms with van der Waals surface area (Å²) in [5.41, 5.74) is 0.111. The summed E-state index contributed by atoms with van der Waals surface area (Å²) in [6.45, 7) is 2.49. The van der Waals surface area contributed by atoms with E-state index < -0.39 is 0 Å². The van der Waals surface area contributed by atoms with E-state index in [1.54, 1.807) is 25.6 Å². The number of esters is 1. The molecule has 23 heavy (non-hydrogen) atoms. The number of imidazole rings is 1. The van der Waals surface area contributed by atoms with Crippen molar-refractivity contribution in [1.82, 2.24) is 18.7 Å². The zero-order chi connectivity index (χ0) is 17.0. The lowest BCUT2D eigenvalue weighted by atomic mass is 10.2. The van der Waals surface area contributed by atoms with Gasteiger partial charge in [-0.3, -0.25) is 18.7 Å². The van der Waals surface area contributed by atoms with Gasteiger partial charge in [-0.1, -0.05) is 6.42 Å². The average molecular weight is 322 g/mol. The minimum atomic E-state index is -0.369. The van der Waals surface area contributed by atoms with Gasteiger partial charge < -0.3 is 9.30 Å². The van der Waals surface area contributed by atoms with E-state index in [0.717, 1.165) is 6.42 Å². The van der Waals surface area contributed by atoms with Crippen LogP contribution in [0.4, 0.5) is 0 Å². The molecule has 0 aromatic carbocycles. The van der Waals surface area contributed by atoms with Gasteiger partial charge in [0.15, 0.2) is 11.2 Å². The summed E-state index contributed by atoms with van der Waals surface area (Å²) < 4.78 is 9.09.